The summed E-state index contributed by atoms with van der Waals surface area (Å²) in [7, 11) is 0. The number of anilines is 1. The van der Waals surface area contributed by atoms with Crippen molar-refractivity contribution in [3.8, 4) is 0 Å². The van der Waals surface area contributed by atoms with Crippen LogP contribution < -0.4 is 5.32 Å². The highest BCUT2D eigenvalue weighted by Gasteiger charge is 2.32. The Morgan fingerprint density at radius 1 is 1.38 bits per heavy atom. The molecule has 1 aromatic carbocycles. The van der Waals surface area contributed by atoms with Crippen LogP contribution >= 0.6 is 31.9 Å². The van der Waals surface area contributed by atoms with E-state index in [0.29, 0.717) is 13.1 Å². The van der Waals surface area contributed by atoms with Gasteiger partial charge in [-0.25, -0.2) is 4.79 Å². The Hall–Kier alpha value is -0.880. The number of fused-ring (bicyclic) bond motifs is 3. The fourth-order valence-electron chi connectivity index (χ4n) is 1.93. The van der Waals surface area contributed by atoms with Gasteiger partial charge in [0, 0.05) is 21.1 Å². The molecule has 82 valence electrons. The molecule has 0 aromatic heterocycles. The highest BCUT2D eigenvalue weighted by molar-refractivity contribution is 9.11. The second-order valence-electron chi connectivity index (χ2n) is 3.60. The molecule has 0 unspecified atom stereocenters. The van der Waals surface area contributed by atoms with Gasteiger partial charge in [-0.1, -0.05) is 15.9 Å². The van der Waals surface area contributed by atoms with E-state index in [2.05, 4.69) is 42.2 Å². The van der Waals surface area contributed by atoms with Gasteiger partial charge in [0.25, 0.3) is 0 Å². The van der Waals surface area contributed by atoms with Gasteiger partial charge in [-0.05, 0) is 28.1 Å². The first-order valence-electron chi connectivity index (χ1n) is 4.79. The lowest BCUT2D eigenvalue weighted by atomic mass is 10.1. The number of urea groups is 1. The molecule has 0 fully saturated rings. The van der Waals surface area contributed by atoms with Crippen molar-refractivity contribution in [1.82, 2.24) is 4.90 Å². The van der Waals surface area contributed by atoms with Crippen LogP contribution in [-0.2, 0) is 0 Å². The number of carbonyl (C=O) groups excluding carboxylic acids is 1. The van der Waals surface area contributed by atoms with E-state index in [1.165, 1.54) is 0 Å². The molecule has 0 saturated carbocycles. The number of nitrogens with zero attached hydrogens (tertiary/aromatic N) is 2. The lowest BCUT2D eigenvalue weighted by Crippen LogP contribution is -2.42. The molecule has 2 aliphatic heterocycles. The third-order valence-electron chi connectivity index (χ3n) is 2.61. The summed E-state index contributed by atoms with van der Waals surface area (Å²) < 4.78 is 1.82. The van der Waals surface area contributed by atoms with E-state index in [1.54, 1.807) is 4.90 Å². The number of benzene rings is 1. The van der Waals surface area contributed by atoms with Crippen molar-refractivity contribution in [3.63, 3.8) is 0 Å². The number of carbonyl (C=O) groups is 1. The van der Waals surface area contributed by atoms with Crippen LogP contribution in [0.5, 0.6) is 0 Å². The van der Waals surface area contributed by atoms with Gasteiger partial charge in [-0.2, -0.15) is 0 Å². The maximum Gasteiger partial charge on any atom is 0.327 e. The zero-order valence-corrected chi connectivity index (χ0v) is 11.3. The molecule has 16 heavy (non-hydrogen) atoms. The molecule has 3 rings (SSSR count). The number of nitrogens with one attached hydrogen (secondary N) is 1. The monoisotopic (exact) mass is 343 g/mol. The van der Waals surface area contributed by atoms with E-state index in [0.717, 1.165) is 26.0 Å². The first-order chi connectivity index (χ1) is 7.66. The Kier molecular flexibility index (Phi) is 2.29. The zero-order valence-electron chi connectivity index (χ0n) is 8.13. The second-order valence-corrected chi connectivity index (χ2v) is 5.37. The minimum atomic E-state index is -0.105. The molecular formula is C10H7Br2N3O. The molecule has 2 heterocycles. The predicted octanol–water partition coefficient (Wildman–Crippen LogP) is 2.82. The largest absolute Gasteiger partial charge is 0.327 e. The topological polar surface area (TPSA) is 44.7 Å². The lowest BCUT2D eigenvalue weighted by Gasteiger charge is -2.27. The fourth-order valence-corrected chi connectivity index (χ4v) is 3.25. The second kappa shape index (κ2) is 3.56. The van der Waals surface area contributed by atoms with E-state index in [9.17, 15) is 4.79 Å². The average Bonchev–Trinajstić information content (AvgIpc) is 2.69. The van der Waals surface area contributed by atoms with Crippen molar-refractivity contribution < 1.29 is 4.79 Å². The van der Waals surface area contributed by atoms with Gasteiger partial charge in [0.05, 0.1) is 12.2 Å². The molecule has 1 N–H and O–H groups in total. The Balaban J connectivity index is 2.25. The number of amidine groups is 1. The number of rotatable bonds is 0. The van der Waals surface area contributed by atoms with Gasteiger partial charge in [0.1, 0.15) is 5.84 Å². The maximum atomic E-state index is 11.8. The summed E-state index contributed by atoms with van der Waals surface area (Å²) in [4.78, 5) is 17.8. The van der Waals surface area contributed by atoms with Crippen LogP contribution in [0.15, 0.2) is 26.1 Å². The molecule has 4 nitrogen and oxygen atoms in total. The molecule has 2 amide bonds. The number of hydrogen-bond acceptors (Lipinski definition) is 2. The van der Waals surface area contributed by atoms with Crippen molar-refractivity contribution in [3.05, 3.63) is 26.6 Å². The van der Waals surface area contributed by atoms with Crippen molar-refractivity contribution in [1.29, 1.82) is 0 Å². The third-order valence-corrected chi connectivity index (χ3v) is 3.70. The number of halogens is 2. The van der Waals surface area contributed by atoms with E-state index < -0.39 is 0 Å². The van der Waals surface area contributed by atoms with Crippen molar-refractivity contribution >= 4 is 49.4 Å². The van der Waals surface area contributed by atoms with Crippen LogP contribution in [0, 0.1) is 0 Å². The van der Waals surface area contributed by atoms with Crippen LogP contribution in [0.4, 0.5) is 10.5 Å². The van der Waals surface area contributed by atoms with Crippen molar-refractivity contribution in [2.75, 3.05) is 18.4 Å². The number of amides is 2. The minimum absolute atomic E-state index is 0.105. The van der Waals surface area contributed by atoms with E-state index in [4.69, 9.17) is 0 Å². The van der Waals surface area contributed by atoms with Gasteiger partial charge in [-0.15, -0.1) is 0 Å². The molecule has 0 bridgehead atoms. The van der Waals surface area contributed by atoms with Crippen LogP contribution in [0.1, 0.15) is 5.56 Å². The van der Waals surface area contributed by atoms with E-state index >= 15 is 0 Å². The van der Waals surface area contributed by atoms with Crippen LogP contribution in [0.2, 0.25) is 0 Å². The fraction of sp³-hybridized carbons (Fsp3) is 0.200. The Labute approximate surface area is 109 Å². The predicted molar refractivity (Wildman–Crippen MR) is 69.0 cm³/mol. The molecule has 0 atom stereocenters. The smallest absolute Gasteiger partial charge is 0.306 e. The first-order valence-corrected chi connectivity index (χ1v) is 6.38. The number of hydrogen-bond donors (Lipinski definition) is 1. The summed E-state index contributed by atoms with van der Waals surface area (Å²) >= 11 is 6.88. The highest BCUT2D eigenvalue weighted by atomic mass is 79.9. The molecule has 0 spiro atoms. The normalized spacial score (nSPS) is 17.8. The Morgan fingerprint density at radius 2 is 2.19 bits per heavy atom. The van der Waals surface area contributed by atoms with Crippen LogP contribution in [-0.4, -0.2) is 29.9 Å². The first kappa shape index (κ1) is 10.3. The Bertz CT molecular complexity index is 527. The van der Waals surface area contributed by atoms with Gasteiger partial charge in [0.15, 0.2) is 0 Å². The Morgan fingerprint density at radius 3 is 3.00 bits per heavy atom. The van der Waals surface area contributed by atoms with Crippen LogP contribution in [0.3, 0.4) is 0 Å². The molecule has 0 aliphatic carbocycles. The van der Waals surface area contributed by atoms with E-state index in [1.807, 2.05) is 12.1 Å². The highest BCUT2D eigenvalue weighted by Crippen LogP contribution is 2.35. The van der Waals surface area contributed by atoms with Gasteiger partial charge >= 0.3 is 6.03 Å². The summed E-state index contributed by atoms with van der Waals surface area (Å²) in [6.45, 7) is 1.33. The van der Waals surface area contributed by atoms with Crippen molar-refractivity contribution in [2.24, 2.45) is 4.99 Å². The summed E-state index contributed by atoms with van der Waals surface area (Å²) in [5.74, 6) is 0.765. The van der Waals surface area contributed by atoms with E-state index in [-0.39, 0.29) is 6.03 Å². The molecule has 0 saturated heterocycles. The minimum Gasteiger partial charge on any atom is -0.306 e. The average molecular weight is 345 g/mol. The van der Waals surface area contributed by atoms with Crippen LogP contribution in [0.25, 0.3) is 0 Å². The summed E-state index contributed by atoms with van der Waals surface area (Å²) in [5, 5.41) is 2.87. The zero-order chi connectivity index (χ0) is 11.3. The third kappa shape index (κ3) is 1.40. The quantitative estimate of drug-likeness (QED) is 0.772. The molecular weight excluding hydrogens is 338 g/mol. The molecule has 6 heteroatoms. The standard InChI is InChI=1S/C10H7Br2N3O/c11-5-3-6-8(7(12)4-5)14-10(16)15-2-1-13-9(6)15/h3-4H,1-2H2,(H,14,16). The lowest BCUT2D eigenvalue weighted by molar-refractivity contribution is 0.235. The van der Waals surface area contributed by atoms with Gasteiger partial charge in [0.2, 0.25) is 0 Å². The van der Waals surface area contributed by atoms with Crippen molar-refractivity contribution in [2.45, 2.75) is 0 Å². The SMILES string of the molecule is O=C1Nc2c(Br)cc(Br)cc2C2=NCCN12. The van der Waals surface area contributed by atoms with Gasteiger partial charge in [-0.3, -0.25) is 9.89 Å². The summed E-state index contributed by atoms with van der Waals surface area (Å²) in [5.41, 5.74) is 1.75. The maximum absolute atomic E-state index is 11.8. The summed E-state index contributed by atoms with van der Waals surface area (Å²) in [6.07, 6.45) is 0. The summed E-state index contributed by atoms with van der Waals surface area (Å²) in [6, 6.07) is 3.77. The molecule has 0 radical (unpaired) electrons. The van der Waals surface area contributed by atoms with Gasteiger partial charge < -0.3 is 5.32 Å². The molecule has 1 aromatic rings. The molecule has 2 aliphatic rings. The number of aliphatic imine (C=N–C) groups is 1.